The normalized spacial score (nSPS) is 26.9. The van der Waals surface area contributed by atoms with Gasteiger partial charge in [-0.3, -0.25) is 28.1 Å². The highest BCUT2D eigenvalue weighted by molar-refractivity contribution is 14.1. The predicted molar refractivity (Wildman–Crippen MR) is 109 cm³/mol. The van der Waals surface area contributed by atoms with E-state index in [4.69, 9.17) is 3.56 Å². The lowest BCUT2D eigenvalue weighted by atomic mass is 10.0. The molecule has 1 aromatic carbocycles. The Morgan fingerprint density at radius 3 is 2.79 bits per heavy atom. The highest BCUT2D eigenvalue weighted by Crippen LogP contribution is 2.37. The minimum absolute atomic E-state index is 0.0743. The average molecular weight is 496 g/mol. The maximum Gasteiger partial charge on any atom is 0.255 e. The summed E-state index contributed by atoms with van der Waals surface area (Å²) in [4.78, 5) is 50.7. The molecule has 1 aromatic rings. The van der Waals surface area contributed by atoms with Crippen molar-refractivity contribution >= 4 is 50.3 Å². The SMILES string of the molecule is N=IC1CCC[C@H]1C(=O)Nc1cccc2c1CN(C1CCC(=O)NC1=O)C2=O. The largest absolute Gasteiger partial charge is 0.325 e. The van der Waals surface area contributed by atoms with Gasteiger partial charge in [-0.1, -0.05) is 12.5 Å². The zero-order valence-corrected chi connectivity index (χ0v) is 17.3. The van der Waals surface area contributed by atoms with Crippen LogP contribution in [0, 0.1) is 9.48 Å². The number of benzene rings is 1. The number of fused-ring (bicyclic) bond motifs is 1. The maximum atomic E-state index is 12.8. The summed E-state index contributed by atoms with van der Waals surface area (Å²) < 4.78 is 7.93. The molecular formula is C19H21IN4O4. The molecule has 0 bridgehead atoms. The molecule has 28 heavy (non-hydrogen) atoms. The zero-order valence-electron chi connectivity index (χ0n) is 15.2. The first-order valence-corrected chi connectivity index (χ1v) is 11.7. The molecule has 9 heteroatoms. The molecule has 2 fully saturated rings. The molecule has 3 N–H and O–H groups in total. The fourth-order valence-corrected chi connectivity index (χ4v) is 6.14. The van der Waals surface area contributed by atoms with E-state index >= 15 is 0 Å². The summed E-state index contributed by atoms with van der Waals surface area (Å²) in [6.07, 6.45) is 3.26. The van der Waals surface area contributed by atoms with Gasteiger partial charge in [0.15, 0.2) is 0 Å². The molecule has 4 amide bonds. The maximum absolute atomic E-state index is 12.8. The molecule has 1 saturated heterocycles. The Morgan fingerprint density at radius 1 is 1.21 bits per heavy atom. The lowest BCUT2D eigenvalue weighted by molar-refractivity contribution is -0.137. The Morgan fingerprint density at radius 2 is 2.04 bits per heavy atom. The first-order valence-electron chi connectivity index (χ1n) is 9.36. The summed E-state index contributed by atoms with van der Waals surface area (Å²) >= 11 is -0.730. The van der Waals surface area contributed by atoms with E-state index in [0.717, 1.165) is 19.3 Å². The molecule has 1 aliphatic carbocycles. The number of hydrogen-bond donors (Lipinski definition) is 3. The van der Waals surface area contributed by atoms with Crippen molar-refractivity contribution in [1.82, 2.24) is 10.2 Å². The van der Waals surface area contributed by atoms with E-state index in [2.05, 4.69) is 10.6 Å². The smallest absolute Gasteiger partial charge is 0.255 e. The Balaban J connectivity index is 1.54. The number of rotatable bonds is 4. The van der Waals surface area contributed by atoms with E-state index in [1.54, 1.807) is 18.2 Å². The summed E-state index contributed by atoms with van der Waals surface area (Å²) in [5.41, 5.74) is 1.79. The minimum Gasteiger partial charge on any atom is -0.325 e. The molecular weight excluding hydrogens is 475 g/mol. The van der Waals surface area contributed by atoms with Gasteiger partial charge in [-0.2, -0.15) is 0 Å². The van der Waals surface area contributed by atoms with Gasteiger partial charge in [0.05, 0.1) is 5.92 Å². The number of nitrogens with one attached hydrogen (secondary N) is 3. The molecule has 2 unspecified atom stereocenters. The average Bonchev–Trinajstić information content (AvgIpc) is 3.28. The highest BCUT2D eigenvalue weighted by atomic mass is 127. The van der Waals surface area contributed by atoms with Gasteiger partial charge in [-0.05, 0) is 52.4 Å². The molecule has 4 rings (SSSR count). The molecule has 0 radical (unpaired) electrons. The standard InChI is InChI=1S/C19H21IN4O4/c21-20-13-5-1-4-11(13)17(26)22-14-6-2-3-10-12(14)9-24(19(10)28)15-7-8-16(25)23-18(15)27/h2-3,6,11,13,15,21H,1,4-5,7-9H2,(H,22,26)(H,23,25,27)/t11-,13?,15?/m1/s1. The van der Waals surface area contributed by atoms with Crippen molar-refractivity contribution in [3.05, 3.63) is 29.3 Å². The molecule has 3 atom stereocenters. The van der Waals surface area contributed by atoms with Crippen molar-refractivity contribution in [2.75, 3.05) is 5.32 Å². The third-order valence-corrected chi connectivity index (χ3v) is 8.04. The Hall–Kier alpha value is -2.17. The third kappa shape index (κ3) is 3.36. The van der Waals surface area contributed by atoms with Crippen molar-refractivity contribution in [3.63, 3.8) is 0 Å². The van der Waals surface area contributed by atoms with Gasteiger partial charge in [0.25, 0.3) is 5.91 Å². The number of piperidine rings is 1. The van der Waals surface area contributed by atoms with Crippen LogP contribution in [-0.2, 0) is 20.9 Å². The van der Waals surface area contributed by atoms with Crippen LogP contribution >= 0.6 is 21.0 Å². The number of imide groups is 1. The van der Waals surface area contributed by atoms with E-state index in [0.29, 0.717) is 23.2 Å². The van der Waals surface area contributed by atoms with Crippen LogP contribution in [0.15, 0.2) is 18.2 Å². The molecule has 0 spiro atoms. The van der Waals surface area contributed by atoms with Gasteiger partial charge in [-0.25, -0.2) is 0 Å². The van der Waals surface area contributed by atoms with Gasteiger partial charge >= 0.3 is 0 Å². The van der Waals surface area contributed by atoms with Crippen LogP contribution in [0.25, 0.3) is 0 Å². The van der Waals surface area contributed by atoms with Crippen molar-refractivity contribution in [2.45, 2.75) is 48.6 Å². The monoisotopic (exact) mass is 496 g/mol. The fourth-order valence-electron chi connectivity index (χ4n) is 4.27. The van der Waals surface area contributed by atoms with Gasteiger partial charge in [-0.15, -0.1) is 0 Å². The molecule has 1 saturated carbocycles. The second kappa shape index (κ2) is 7.69. The molecule has 148 valence electrons. The Bertz CT molecular complexity index is 887. The van der Waals surface area contributed by atoms with Crippen LogP contribution in [-0.4, -0.2) is 38.5 Å². The summed E-state index contributed by atoms with van der Waals surface area (Å²) in [5.74, 6) is -1.21. The fraction of sp³-hybridized carbons (Fsp3) is 0.474. The second-order valence-electron chi connectivity index (χ2n) is 7.38. The summed E-state index contributed by atoms with van der Waals surface area (Å²) in [5, 5.41) is 5.27. The number of carbonyl (C=O) groups excluding carboxylic acids is 4. The molecule has 3 aliphatic rings. The van der Waals surface area contributed by atoms with Crippen LogP contribution in [0.1, 0.15) is 48.0 Å². The number of nitrogens with zero attached hydrogens (tertiary/aromatic N) is 1. The van der Waals surface area contributed by atoms with Crippen molar-refractivity contribution in [2.24, 2.45) is 5.92 Å². The number of amides is 4. The topological polar surface area (TPSA) is 119 Å². The van der Waals surface area contributed by atoms with Crippen LogP contribution in [0.2, 0.25) is 0 Å². The van der Waals surface area contributed by atoms with Crippen LogP contribution in [0.4, 0.5) is 5.69 Å². The van der Waals surface area contributed by atoms with Crippen molar-refractivity contribution in [3.8, 4) is 0 Å². The Labute approximate surface area is 172 Å². The van der Waals surface area contributed by atoms with Crippen LogP contribution < -0.4 is 10.6 Å². The van der Waals surface area contributed by atoms with Crippen molar-refractivity contribution in [1.29, 1.82) is 3.56 Å². The highest BCUT2D eigenvalue weighted by Gasteiger charge is 2.40. The number of carbonyl (C=O) groups is 4. The van der Waals surface area contributed by atoms with E-state index in [-0.39, 0.29) is 40.5 Å². The lowest BCUT2D eigenvalue weighted by Gasteiger charge is -2.29. The number of alkyl halides is 1. The molecule has 0 aromatic heterocycles. The van der Waals surface area contributed by atoms with Gasteiger partial charge < -0.3 is 10.2 Å². The number of anilines is 1. The molecule has 2 aliphatic heterocycles. The van der Waals surface area contributed by atoms with Crippen molar-refractivity contribution < 1.29 is 19.2 Å². The van der Waals surface area contributed by atoms with Gasteiger partial charge in [0.2, 0.25) is 17.7 Å². The quantitative estimate of drug-likeness (QED) is 0.337. The zero-order chi connectivity index (χ0) is 19.8. The van der Waals surface area contributed by atoms with E-state index in [1.165, 1.54) is 4.90 Å². The van der Waals surface area contributed by atoms with Crippen LogP contribution in [0.5, 0.6) is 0 Å². The molecule has 8 nitrogen and oxygen atoms in total. The first-order chi connectivity index (χ1) is 13.5. The summed E-state index contributed by atoms with van der Waals surface area (Å²) in [6, 6.07) is 4.53. The van der Waals surface area contributed by atoms with Crippen LogP contribution in [0.3, 0.4) is 0 Å². The number of halogens is 1. The Kier molecular flexibility index (Phi) is 5.26. The minimum atomic E-state index is -0.730. The number of hydrogen-bond acceptors (Lipinski definition) is 5. The van der Waals surface area contributed by atoms with E-state index in [9.17, 15) is 19.2 Å². The second-order valence-corrected chi connectivity index (χ2v) is 9.61. The first kappa shape index (κ1) is 19.2. The van der Waals surface area contributed by atoms with E-state index in [1.807, 2.05) is 0 Å². The van der Waals surface area contributed by atoms with E-state index < -0.39 is 33.0 Å². The predicted octanol–water partition coefficient (Wildman–Crippen LogP) is 2.29. The summed E-state index contributed by atoms with van der Waals surface area (Å²) in [6.45, 7) is 0.233. The molecule has 2 heterocycles. The van der Waals surface area contributed by atoms with Gasteiger partial charge in [0, 0.05) is 33.7 Å². The summed E-state index contributed by atoms with van der Waals surface area (Å²) in [7, 11) is 0. The van der Waals surface area contributed by atoms with Gasteiger partial charge in [0.1, 0.15) is 6.04 Å². The third-order valence-electron chi connectivity index (χ3n) is 5.75. The lowest BCUT2D eigenvalue weighted by Crippen LogP contribution is -2.52.